The van der Waals surface area contributed by atoms with Gasteiger partial charge in [-0.05, 0) is 12.1 Å². The van der Waals surface area contributed by atoms with Crippen molar-refractivity contribution >= 4 is 19.3 Å². The lowest BCUT2D eigenvalue weighted by atomic mass is 10.0. The summed E-state index contributed by atoms with van der Waals surface area (Å²) in [5.74, 6) is 2.33. The molecule has 1 aliphatic rings. The zero-order valence-electron chi connectivity index (χ0n) is 17.1. The number of rotatable bonds is 6. The molecule has 31 heavy (non-hydrogen) atoms. The summed E-state index contributed by atoms with van der Waals surface area (Å²) in [5.41, 5.74) is 2.74. The maximum absolute atomic E-state index is 9.27. The molecule has 3 aromatic heterocycles. The van der Waals surface area contributed by atoms with Gasteiger partial charge in [0.25, 0.3) is 5.88 Å². The van der Waals surface area contributed by atoms with Crippen molar-refractivity contribution in [1.29, 1.82) is 5.26 Å². The van der Waals surface area contributed by atoms with E-state index in [2.05, 4.69) is 38.2 Å². The van der Waals surface area contributed by atoms with E-state index in [4.69, 9.17) is 14.2 Å². The minimum Gasteiger partial charge on any atom is -0.484 e. The summed E-state index contributed by atoms with van der Waals surface area (Å²) in [6.07, 6.45) is 4.82. The summed E-state index contributed by atoms with van der Waals surface area (Å²) in [6.45, 7) is 3.74. The first kappa shape index (κ1) is 22.1. The van der Waals surface area contributed by atoms with Crippen LogP contribution in [0.4, 0.5) is 5.82 Å². The number of aromatic nitrogens is 4. The highest BCUT2D eigenvalue weighted by atomic mass is 32.1. The maximum atomic E-state index is 9.27. The Hall–Kier alpha value is -3.58. The highest BCUT2D eigenvalue weighted by Gasteiger charge is 2.20. The zero-order valence-corrected chi connectivity index (χ0v) is 18.1. The van der Waals surface area contributed by atoms with Crippen LogP contribution < -0.4 is 19.5 Å². The summed E-state index contributed by atoms with van der Waals surface area (Å²) < 4.78 is 16.4. The molecule has 0 saturated carbocycles. The van der Waals surface area contributed by atoms with E-state index < -0.39 is 0 Å². The van der Waals surface area contributed by atoms with Crippen molar-refractivity contribution in [3.8, 4) is 34.8 Å². The van der Waals surface area contributed by atoms with Gasteiger partial charge < -0.3 is 19.5 Å². The lowest BCUT2D eigenvalue weighted by molar-refractivity contribution is 0.162. The molecule has 0 fully saturated rings. The minimum absolute atomic E-state index is 0. The fourth-order valence-corrected chi connectivity index (χ4v) is 3.18. The number of hydrogen-bond donors (Lipinski definition) is 1. The van der Waals surface area contributed by atoms with Gasteiger partial charge in [-0.2, -0.15) is 18.8 Å². The quantitative estimate of drug-likeness (QED) is 0.620. The number of pyridine rings is 2. The van der Waals surface area contributed by atoms with Crippen LogP contribution in [0.5, 0.6) is 17.5 Å². The Kier molecular flexibility index (Phi) is 7.10. The minimum atomic E-state index is 0. The van der Waals surface area contributed by atoms with Crippen LogP contribution in [-0.2, 0) is 0 Å². The predicted molar refractivity (Wildman–Crippen MR) is 119 cm³/mol. The molecule has 0 bridgehead atoms. The van der Waals surface area contributed by atoms with Crippen molar-refractivity contribution in [3.05, 3.63) is 48.0 Å². The number of hydrogen-bond acceptors (Lipinski definition) is 9. The Labute approximate surface area is 186 Å². The van der Waals surface area contributed by atoms with E-state index in [1.54, 1.807) is 18.5 Å². The van der Waals surface area contributed by atoms with Crippen molar-refractivity contribution < 1.29 is 14.2 Å². The Bertz CT molecular complexity index is 1100. The van der Waals surface area contributed by atoms with Crippen LogP contribution in [0.3, 0.4) is 0 Å². The first-order valence-electron chi connectivity index (χ1n) is 9.44. The molecular formula is C21H22N6O3S. The van der Waals surface area contributed by atoms with Crippen LogP contribution in [0.15, 0.2) is 36.9 Å². The van der Waals surface area contributed by atoms with Crippen molar-refractivity contribution in [2.75, 3.05) is 32.2 Å². The largest absolute Gasteiger partial charge is 0.484 e. The first-order valence-corrected chi connectivity index (χ1v) is 9.44. The van der Waals surface area contributed by atoms with E-state index in [1.807, 2.05) is 12.1 Å². The standard InChI is InChI=1S/C21H20N6O3.H2S/c1-13(16-3-4-23-21-19(16)29-5-6-30-21)10-24-18-8-17(26-12-27-18)15-7-14(9-22)20(28-2)25-11-15;/h3-4,7-8,11-13H,5-6,10H2,1-2H3,(H,24,26,27);1H2/t13-;/m1./s1. The average Bonchev–Trinajstić information content (AvgIpc) is 2.81. The van der Waals surface area contributed by atoms with E-state index in [9.17, 15) is 5.26 Å². The number of fused-ring (bicyclic) bond motifs is 1. The third kappa shape index (κ3) is 4.78. The van der Waals surface area contributed by atoms with Gasteiger partial charge in [-0.1, -0.05) is 6.92 Å². The van der Waals surface area contributed by atoms with Gasteiger partial charge in [-0.25, -0.2) is 19.9 Å². The number of nitriles is 1. The highest BCUT2D eigenvalue weighted by Crippen LogP contribution is 2.35. The maximum Gasteiger partial charge on any atom is 0.257 e. The summed E-state index contributed by atoms with van der Waals surface area (Å²) in [6, 6.07) is 7.54. The molecule has 0 aromatic carbocycles. The third-order valence-electron chi connectivity index (χ3n) is 4.72. The van der Waals surface area contributed by atoms with E-state index >= 15 is 0 Å². The van der Waals surface area contributed by atoms with E-state index in [0.717, 1.165) is 5.56 Å². The molecule has 3 aromatic rings. The smallest absolute Gasteiger partial charge is 0.257 e. The van der Waals surface area contributed by atoms with E-state index in [-0.39, 0.29) is 25.3 Å². The molecule has 10 heteroatoms. The van der Waals surface area contributed by atoms with Crippen LogP contribution in [0.2, 0.25) is 0 Å². The van der Waals surface area contributed by atoms with Crippen molar-refractivity contribution in [1.82, 2.24) is 19.9 Å². The SMILES string of the molecule is COc1ncc(-c2cc(NC[C@@H](C)c3ccnc4c3OCCO4)ncn2)cc1C#N.S. The van der Waals surface area contributed by atoms with Crippen LogP contribution in [0.25, 0.3) is 11.3 Å². The second kappa shape index (κ2) is 9.95. The molecule has 0 saturated heterocycles. The molecule has 0 aliphatic carbocycles. The van der Waals surface area contributed by atoms with Gasteiger partial charge in [-0.15, -0.1) is 0 Å². The van der Waals surface area contributed by atoms with E-state index in [1.165, 1.54) is 13.4 Å². The molecule has 160 valence electrons. The summed E-state index contributed by atoms with van der Waals surface area (Å²) in [5, 5.41) is 12.6. The summed E-state index contributed by atoms with van der Waals surface area (Å²) in [7, 11) is 1.48. The molecule has 0 radical (unpaired) electrons. The van der Waals surface area contributed by atoms with Crippen LogP contribution in [0.1, 0.15) is 24.0 Å². The predicted octanol–water partition coefficient (Wildman–Crippen LogP) is 2.91. The summed E-state index contributed by atoms with van der Waals surface area (Å²) in [4.78, 5) is 17.0. The topological polar surface area (TPSA) is 115 Å². The average molecular weight is 439 g/mol. The fraction of sp³-hybridized carbons (Fsp3) is 0.286. The second-order valence-corrected chi connectivity index (χ2v) is 6.69. The number of nitrogens with one attached hydrogen (secondary N) is 1. The Morgan fingerprint density at radius 1 is 1.19 bits per heavy atom. The van der Waals surface area contributed by atoms with Gasteiger partial charge in [0.05, 0.1) is 12.8 Å². The highest BCUT2D eigenvalue weighted by molar-refractivity contribution is 7.59. The number of anilines is 1. The molecule has 0 amide bonds. The van der Waals surface area contributed by atoms with Gasteiger partial charge in [0, 0.05) is 42.0 Å². The van der Waals surface area contributed by atoms with Crippen molar-refractivity contribution in [2.24, 2.45) is 0 Å². The van der Waals surface area contributed by atoms with Gasteiger partial charge in [0.15, 0.2) is 5.75 Å². The van der Waals surface area contributed by atoms with E-state index in [0.29, 0.717) is 54.0 Å². The van der Waals surface area contributed by atoms with Crippen LogP contribution in [0, 0.1) is 11.3 Å². The molecule has 1 aliphatic heterocycles. The second-order valence-electron chi connectivity index (χ2n) is 6.69. The molecule has 4 rings (SSSR count). The lowest BCUT2D eigenvalue weighted by Gasteiger charge is -2.22. The molecule has 1 atom stereocenters. The van der Waals surface area contributed by atoms with Gasteiger partial charge in [0.2, 0.25) is 5.88 Å². The van der Waals surface area contributed by atoms with Crippen molar-refractivity contribution in [2.45, 2.75) is 12.8 Å². The van der Waals surface area contributed by atoms with Gasteiger partial charge in [-0.3, -0.25) is 0 Å². The molecular weight excluding hydrogens is 416 g/mol. The first-order chi connectivity index (χ1) is 14.7. The molecule has 4 heterocycles. The van der Waals surface area contributed by atoms with Crippen LogP contribution in [-0.4, -0.2) is 46.8 Å². The number of methoxy groups -OCH3 is 1. The molecule has 0 unspecified atom stereocenters. The lowest BCUT2D eigenvalue weighted by Crippen LogP contribution is -2.19. The normalized spacial score (nSPS) is 12.8. The number of nitrogens with zero attached hydrogens (tertiary/aromatic N) is 5. The van der Waals surface area contributed by atoms with Gasteiger partial charge in [0.1, 0.15) is 37.0 Å². The van der Waals surface area contributed by atoms with Crippen molar-refractivity contribution in [3.63, 3.8) is 0 Å². The monoisotopic (exact) mass is 438 g/mol. The van der Waals surface area contributed by atoms with Crippen LogP contribution >= 0.6 is 13.5 Å². The molecule has 9 nitrogen and oxygen atoms in total. The molecule has 1 N–H and O–H groups in total. The summed E-state index contributed by atoms with van der Waals surface area (Å²) >= 11 is 0. The Morgan fingerprint density at radius 2 is 2.03 bits per heavy atom. The zero-order chi connectivity index (χ0) is 20.9. The molecule has 0 spiro atoms. The Balaban J connectivity index is 0.00000272. The fourth-order valence-electron chi connectivity index (χ4n) is 3.18. The van der Waals surface area contributed by atoms with Gasteiger partial charge >= 0.3 is 0 Å². The Morgan fingerprint density at radius 3 is 2.84 bits per heavy atom. The third-order valence-corrected chi connectivity index (χ3v) is 4.72. The number of ether oxygens (including phenoxy) is 3.